The van der Waals surface area contributed by atoms with Crippen LogP contribution in [0.3, 0.4) is 0 Å². The van der Waals surface area contributed by atoms with Crippen molar-refractivity contribution in [2.24, 2.45) is 4.99 Å². The molecule has 0 bridgehead atoms. The quantitative estimate of drug-likeness (QED) is 0.796. The number of amidine groups is 1. The van der Waals surface area contributed by atoms with Gasteiger partial charge in [0.1, 0.15) is 0 Å². The van der Waals surface area contributed by atoms with Gasteiger partial charge in [-0.05, 0) is 48.0 Å². The molecule has 1 amide bonds. The normalized spacial score (nSPS) is 17.6. The first-order chi connectivity index (χ1) is 12.5. The van der Waals surface area contributed by atoms with Crippen LogP contribution >= 0.6 is 11.8 Å². The number of allylic oxidation sites excluding steroid dienone is 2. The van der Waals surface area contributed by atoms with Gasteiger partial charge in [-0.2, -0.15) is 0 Å². The minimum absolute atomic E-state index is 0.0902. The standard InChI is InChI=1S/C20H16N2O3S/c1-13(11-14-7-3-2-4-8-14)12-17-18(23)22-20(26-17)21-16-10-6-5-9-15(16)19(24)25/h2-12H,1H3,(H,24,25)(H,21,22,23)/b13-11+,17-12-. The van der Waals surface area contributed by atoms with Crippen LogP contribution in [0.2, 0.25) is 0 Å². The van der Waals surface area contributed by atoms with Crippen molar-refractivity contribution >= 4 is 40.6 Å². The van der Waals surface area contributed by atoms with Crippen LogP contribution in [0, 0.1) is 0 Å². The summed E-state index contributed by atoms with van der Waals surface area (Å²) in [5, 5.41) is 12.3. The van der Waals surface area contributed by atoms with Crippen LogP contribution in [-0.4, -0.2) is 22.2 Å². The average Bonchev–Trinajstić information content (AvgIpc) is 2.95. The van der Waals surface area contributed by atoms with Gasteiger partial charge in [0.05, 0.1) is 16.2 Å². The van der Waals surface area contributed by atoms with Gasteiger partial charge in [0.2, 0.25) is 0 Å². The van der Waals surface area contributed by atoms with Crippen molar-refractivity contribution in [1.29, 1.82) is 0 Å². The van der Waals surface area contributed by atoms with E-state index in [4.69, 9.17) is 0 Å². The van der Waals surface area contributed by atoms with Crippen LogP contribution < -0.4 is 5.32 Å². The molecule has 5 nitrogen and oxygen atoms in total. The molecule has 0 spiro atoms. The number of aliphatic imine (C=N–C) groups is 1. The van der Waals surface area contributed by atoms with E-state index in [0.717, 1.165) is 11.1 Å². The van der Waals surface area contributed by atoms with Gasteiger partial charge in [0.25, 0.3) is 5.91 Å². The summed E-state index contributed by atoms with van der Waals surface area (Å²) in [7, 11) is 0. The Morgan fingerprint density at radius 2 is 1.81 bits per heavy atom. The molecule has 130 valence electrons. The fraction of sp³-hybridized carbons (Fsp3) is 0.0500. The highest BCUT2D eigenvalue weighted by molar-refractivity contribution is 8.18. The lowest BCUT2D eigenvalue weighted by Gasteiger charge is -2.00. The molecule has 0 atom stereocenters. The second-order valence-corrected chi connectivity index (χ2v) is 6.63. The number of aromatic carboxylic acids is 1. The number of carboxylic acid groups (broad SMARTS) is 1. The number of carbonyl (C=O) groups is 2. The van der Waals surface area contributed by atoms with E-state index in [-0.39, 0.29) is 11.5 Å². The van der Waals surface area contributed by atoms with Crippen molar-refractivity contribution in [2.45, 2.75) is 6.92 Å². The molecule has 0 unspecified atom stereocenters. The Hall–Kier alpha value is -3.12. The molecule has 2 N–H and O–H groups in total. The molecule has 1 saturated heterocycles. The summed E-state index contributed by atoms with van der Waals surface area (Å²) in [6.45, 7) is 1.92. The SMILES string of the molecule is CC(/C=C1\SC(=Nc2ccccc2C(=O)O)NC1=O)=C\c1ccccc1. The molecule has 1 heterocycles. The molecule has 3 rings (SSSR count). The van der Waals surface area contributed by atoms with E-state index in [1.165, 1.54) is 17.8 Å². The second kappa shape index (κ2) is 7.84. The first kappa shape index (κ1) is 17.7. The molecule has 6 heteroatoms. The number of nitrogens with one attached hydrogen (secondary N) is 1. The molecule has 0 aliphatic carbocycles. The van der Waals surface area contributed by atoms with E-state index >= 15 is 0 Å². The third-order valence-electron chi connectivity index (χ3n) is 3.56. The van der Waals surface area contributed by atoms with Gasteiger partial charge in [-0.25, -0.2) is 9.79 Å². The number of thioether (sulfide) groups is 1. The van der Waals surface area contributed by atoms with Crippen LogP contribution in [-0.2, 0) is 4.79 Å². The van der Waals surface area contributed by atoms with Crippen molar-refractivity contribution in [3.05, 3.63) is 82.3 Å². The number of carboxylic acids is 1. The highest BCUT2D eigenvalue weighted by atomic mass is 32.2. The molecule has 0 radical (unpaired) electrons. The molecule has 1 fully saturated rings. The molecular weight excluding hydrogens is 348 g/mol. The van der Waals surface area contributed by atoms with Crippen molar-refractivity contribution in [3.63, 3.8) is 0 Å². The highest BCUT2D eigenvalue weighted by Crippen LogP contribution is 2.28. The third-order valence-corrected chi connectivity index (χ3v) is 4.47. The number of hydrogen-bond acceptors (Lipinski definition) is 4. The number of nitrogens with zero attached hydrogens (tertiary/aromatic N) is 1. The van der Waals surface area contributed by atoms with Crippen LogP contribution in [0.25, 0.3) is 6.08 Å². The Balaban J connectivity index is 1.83. The number of carbonyl (C=O) groups excluding carboxylic acids is 1. The van der Waals surface area contributed by atoms with E-state index in [0.29, 0.717) is 15.8 Å². The van der Waals surface area contributed by atoms with E-state index in [9.17, 15) is 14.7 Å². The fourth-order valence-corrected chi connectivity index (χ4v) is 3.29. The minimum atomic E-state index is -1.06. The highest BCUT2D eigenvalue weighted by Gasteiger charge is 2.24. The Kier molecular flexibility index (Phi) is 5.34. The smallest absolute Gasteiger partial charge is 0.337 e. The lowest BCUT2D eigenvalue weighted by molar-refractivity contribution is -0.115. The van der Waals surface area contributed by atoms with Crippen LogP contribution in [0.4, 0.5) is 5.69 Å². The number of amides is 1. The zero-order chi connectivity index (χ0) is 18.5. The van der Waals surface area contributed by atoms with Gasteiger partial charge < -0.3 is 10.4 Å². The molecule has 0 saturated carbocycles. The first-order valence-electron chi connectivity index (χ1n) is 7.88. The Labute approximate surface area is 155 Å². The summed E-state index contributed by atoms with van der Waals surface area (Å²) in [6, 6.07) is 16.2. The number of rotatable bonds is 4. The summed E-state index contributed by atoms with van der Waals surface area (Å²) in [6.07, 6.45) is 3.77. The van der Waals surface area contributed by atoms with Crippen molar-refractivity contribution in [2.75, 3.05) is 0 Å². The molecular formula is C20H16N2O3S. The molecule has 1 aliphatic heterocycles. The second-order valence-electron chi connectivity index (χ2n) is 5.60. The number of para-hydroxylation sites is 1. The van der Waals surface area contributed by atoms with E-state index in [1.807, 2.05) is 43.3 Å². The minimum Gasteiger partial charge on any atom is -0.478 e. The lowest BCUT2D eigenvalue weighted by atomic mass is 10.1. The van der Waals surface area contributed by atoms with Crippen LogP contribution in [0.5, 0.6) is 0 Å². The van der Waals surface area contributed by atoms with Gasteiger partial charge in [0, 0.05) is 0 Å². The molecule has 2 aromatic rings. The number of hydrogen-bond donors (Lipinski definition) is 2. The predicted molar refractivity (Wildman–Crippen MR) is 104 cm³/mol. The van der Waals surface area contributed by atoms with Gasteiger partial charge in [-0.3, -0.25) is 4.79 Å². The summed E-state index contributed by atoms with van der Waals surface area (Å²) in [5.74, 6) is -1.31. The van der Waals surface area contributed by atoms with Gasteiger partial charge >= 0.3 is 5.97 Å². The Morgan fingerprint density at radius 1 is 1.12 bits per heavy atom. The summed E-state index contributed by atoms with van der Waals surface area (Å²) >= 11 is 1.19. The average molecular weight is 364 g/mol. The molecule has 0 aromatic heterocycles. The van der Waals surface area contributed by atoms with Crippen LogP contribution in [0.1, 0.15) is 22.8 Å². The maximum atomic E-state index is 12.2. The Morgan fingerprint density at radius 3 is 2.54 bits per heavy atom. The maximum absolute atomic E-state index is 12.2. The summed E-state index contributed by atoms with van der Waals surface area (Å²) in [5.41, 5.74) is 2.38. The van der Waals surface area contributed by atoms with Crippen molar-refractivity contribution in [1.82, 2.24) is 5.32 Å². The first-order valence-corrected chi connectivity index (χ1v) is 8.70. The van der Waals surface area contributed by atoms with E-state index in [1.54, 1.807) is 24.3 Å². The topological polar surface area (TPSA) is 78.8 Å². The zero-order valence-corrected chi connectivity index (χ0v) is 14.8. The maximum Gasteiger partial charge on any atom is 0.337 e. The van der Waals surface area contributed by atoms with Crippen molar-refractivity contribution < 1.29 is 14.7 Å². The van der Waals surface area contributed by atoms with Crippen molar-refractivity contribution in [3.8, 4) is 0 Å². The third kappa shape index (κ3) is 4.29. The lowest BCUT2D eigenvalue weighted by Crippen LogP contribution is -2.19. The Bertz CT molecular complexity index is 947. The summed E-state index contributed by atoms with van der Waals surface area (Å²) in [4.78, 5) is 28.2. The van der Waals surface area contributed by atoms with Gasteiger partial charge in [-0.15, -0.1) is 0 Å². The molecule has 1 aliphatic rings. The zero-order valence-electron chi connectivity index (χ0n) is 14.0. The van der Waals surface area contributed by atoms with E-state index in [2.05, 4.69) is 10.3 Å². The predicted octanol–water partition coefficient (Wildman–Crippen LogP) is 4.22. The van der Waals surface area contributed by atoms with E-state index < -0.39 is 5.97 Å². The fourth-order valence-electron chi connectivity index (χ4n) is 2.40. The van der Waals surface area contributed by atoms with Gasteiger partial charge in [-0.1, -0.05) is 48.5 Å². The largest absolute Gasteiger partial charge is 0.478 e. The molecule has 26 heavy (non-hydrogen) atoms. The van der Waals surface area contributed by atoms with Crippen LogP contribution in [0.15, 0.2) is 76.1 Å². The summed E-state index contributed by atoms with van der Waals surface area (Å²) < 4.78 is 0. The van der Waals surface area contributed by atoms with Gasteiger partial charge in [0.15, 0.2) is 5.17 Å². The molecule has 2 aromatic carbocycles. The number of benzene rings is 2. The monoisotopic (exact) mass is 364 g/mol.